The van der Waals surface area contributed by atoms with Gasteiger partial charge in [-0.25, -0.2) is 0 Å². The Hall–Kier alpha value is -3.40. The maximum Gasteiger partial charge on any atom is 0.387 e. The quantitative estimate of drug-likeness (QED) is 0.366. The van der Waals surface area contributed by atoms with Crippen LogP contribution in [-0.2, 0) is 11.3 Å². The van der Waals surface area contributed by atoms with Gasteiger partial charge in [0.25, 0.3) is 0 Å². The van der Waals surface area contributed by atoms with Crippen LogP contribution in [0.2, 0.25) is 0 Å². The number of methoxy groups -OCH3 is 1. The lowest BCUT2D eigenvalue weighted by Gasteiger charge is -2.10. The number of nitrogens with zero attached hydrogens (tertiary/aromatic N) is 3. The van der Waals surface area contributed by atoms with E-state index < -0.39 is 6.61 Å². The highest BCUT2D eigenvalue weighted by Crippen LogP contribution is 2.27. The van der Waals surface area contributed by atoms with Crippen molar-refractivity contribution in [2.24, 2.45) is 0 Å². The standard InChI is InChI=1S/C21H20F2N4O3S/c1-3-12-27-19(14-8-10-15(11-9-14)30-20(22)23)25-26-21(27)31-13-18(28)24-16-6-4-5-7-17(16)29-2/h3-11,20H,1,12-13H2,2H3,(H,24,28). The van der Waals surface area contributed by atoms with Crippen molar-refractivity contribution < 1.29 is 23.0 Å². The van der Waals surface area contributed by atoms with Crippen LogP contribution in [0.5, 0.6) is 11.5 Å². The molecule has 0 aliphatic heterocycles. The lowest BCUT2D eigenvalue weighted by atomic mass is 10.2. The van der Waals surface area contributed by atoms with Crippen LogP contribution < -0.4 is 14.8 Å². The number of hydrogen-bond donors (Lipinski definition) is 1. The molecule has 0 saturated carbocycles. The van der Waals surface area contributed by atoms with Gasteiger partial charge >= 0.3 is 6.61 Å². The SMILES string of the molecule is C=CCn1c(SCC(=O)Nc2ccccc2OC)nnc1-c1ccc(OC(F)F)cc1. The van der Waals surface area contributed by atoms with E-state index in [1.165, 1.54) is 31.0 Å². The van der Waals surface area contributed by atoms with Gasteiger partial charge in [-0.3, -0.25) is 9.36 Å². The molecule has 1 heterocycles. The molecule has 1 aromatic heterocycles. The topological polar surface area (TPSA) is 78.3 Å². The Morgan fingerprint density at radius 1 is 1.23 bits per heavy atom. The molecule has 0 bridgehead atoms. The molecule has 1 amide bonds. The summed E-state index contributed by atoms with van der Waals surface area (Å²) in [6.45, 7) is 1.27. The number of aromatic nitrogens is 3. The Morgan fingerprint density at radius 2 is 1.97 bits per heavy atom. The summed E-state index contributed by atoms with van der Waals surface area (Å²) < 4.78 is 36.1. The summed E-state index contributed by atoms with van der Waals surface area (Å²) in [4.78, 5) is 12.4. The lowest BCUT2D eigenvalue weighted by Crippen LogP contribution is -2.15. The highest BCUT2D eigenvalue weighted by molar-refractivity contribution is 7.99. The van der Waals surface area contributed by atoms with E-state index in [4.69, 9.17) is 4.74 Å². The van der Waals surface area contributed by atoms with Gasteiger partial charge < -0.3 is 14.8 Å². The Morgan fingerprint density at radius 3 is 2.65 bits per heavy atom. The molecule has 0 fully saturated rings. The van der Waals surface area contributed by atoms with Gasteiger partial charge in [0.2, 0.25) is 5.91 Å². The largest absolute Gasteiger partial charge is 0.495 e. The van der Waals surface area contributed by atoms with Crippen LogP contribution in [-0.4, -0.2) is 40.1 Å². The van der Waals surface area contributed by atoms with Gasteiger partial charge in [0.15, 0.2) is 11.0 Å². The second kappa shape index (κ2) is 10.6. The first-order chi connectivity index (χ1) is 15.0. The number of hydrogen-bond acceptors (Lipinski definition) is 6. The fraction of sp³-hybridized carbons (Fsp3) is 0.190. The number of alkyl halides is 2. The summed E-state index contributed by atoms with van der Waals surface area (Å²) >= 11 is 1.22. The predicted molar refractivity (Wildman–Crippen MR) is 115 cm³/mol. The van der Waals surface area contributed by atoms with Gasteiger partial charge in [-0.15, -0.1) is 16.8 Å². The molecular weight excluding hydrogens is 426 g/mol. The Balaban J connectivity index is 1.71. The molecule has 0 atom stereocenters. The van der Waals surface area contributed by atoms with Crippen LogP contribution in [0.4, 0.5) is 14.5 Å². The summed E-state index contributed by atoms with van der Waals surface area (Å²) in [5.41, 5.74) is 1.25. The first kappa shape index (κ1) is 22.3. The average Bonchev–Trinajstić information content (AvgIpc) is 3.15. The zero-order valence-electron chi connectivity index (χ0n) is 16.6. The van der Waals surface area contributed by atoms with Gasteiger partial charge in [0.1, 0.15) is 11.5 Å². The van der Waals surface area contributed by atoms with Gasteiger partial charge in [-0.1, -0.05) is 30.0 Å². The second-order valence-corrected chi connectivity index (χ2v) is 7.09. The van der Waals surface area contributed by atoms with Gasteiger partial charge in [-0.2, -0.15) is 8.78 Å². The number of benzene rings is 2. The highest BCUT2D eigenvalue weighted by Gasteiger charge is 2.16. The number of nitrogens with one attached hydrogen (secondary N) is 1. The summed E-state index contributed by atoms with van der Waals surface area (Å²) in [5.74, 6) is 1.02. The third kappa shape index (κ3) is 5.82. The van der Waals surface area contributed by atoms with Crippen LogP contribution >= 0.6 is 11.8 Å². The molecule has 0 spiro atoms. The number of rotatable bonds is 10. The van der Waals surface area contributed by atoms with Crippen LogP contribution in [0.1, 0.15) is 0 Å². The lowest BCUT2D eigenvalue weighted by molar-refractivity contribution is -0.113. The molecule has 0 saturated heterocycles. The minimum absolute atomic E-state index is 0.0520. The van der Waals surface area contributed by atoms with Crippen molar-refractivity contribution in [1.82, 2.24) is 14.8 Å². The minimum atomic E-state index is -2.89. The monoisotopic (exact) mass is 446 g/mol. The van der Waals surface area contributed by atoms with Crippen LogP contribution in [0.3, 0.4) is 0 Å². The molecule has 0 unspecified atom stereocenters. The maximum absolute atomic E-state index is 12.4. The van der Waals surface area contributed by atoms with E-state index in [2.05, 4.69) is 26.8 Å². The van der Waals surface area contributed by atoms with Crippen molar-refractivity contribution in [3.8, 4) is 22.9 Å². The Kier molecular flexibility index (Phi) is 7.60. The van der Waals surface area contributed by atoms with Crippen molar-refractivity contribution in [3.05, 3.63) is 61.2 Å². The number of halogens is 2. The molecule has 2 aromatic carbocycles. The van der Waals surface area contributed by atoms with E-state index in [9.17, 15) is 13.6 Å². The van der Waals surface area contributed by atoms with Crippen LogP contribution in [0, 0.1) is 0 Å². The summed E-state index contributed by atoms with van der Waals surface area (Å²) in [6.07, 6.45) is 1.68. The number of allylic oxidation sites excluding steroid dienone is 1. The van der Waals surface area contributed by atoms with E-state index in [1.807, 2.05) is 6.07 Å². The third-order valence-corrected chi connectivity index (χ3v) is 5.05. The van der Waals surface area contributed by atoms with Crippen molar-refractivity contribution in [1.29, 1.82) is 0 Å². The molecule has 3 rings (SSSR count). The average molecular weight is 446 g/mol. The first-order valence-electron chi connectivity index (χ1n) is 9.16. The summed E-state index contributed by atoms with van der Waals surface area (Å²) in [7, 11) is 1.53. The first-order valence-corrected chi connectivity index (χ1v) is 10.2. The second-order valence-electron chi connectivity index (χ2n) is 6.15. The summed E-state index contributed by atoms with van der Waals surface area (Å²) in [5, 5.41) is 11.7. The Bertz CT molecular complexity index is 1040. The molecule has 162 valence electrons. The van der Waals surface area contributed by atoms with Crippen LogP contribution in [0.25, 0.3) is 11.4 Å². The minimum Gasteiger partial charge on any atom is -0.495 e. The normalized spacial score (nSPS) is 10.7. The zero-order valence-corrected chi connectivity index (χ0v) is 17.4. The van der Waals surface area contributed by atoms with Gasteiger partial charge in [-0.05, 0) is 36.4 Å². The molecule has 3 aromatic rings. The van der Waals surface area contributed by atoms with E-state index >= 15 is 0 Å². The van der Waals surface area contributed by atoms with E-state index in [-0.39, 0.29) is 17.4 Å². The molecule has 7 nitrogen and oxygen atoms in total. The molecule has 0 aliphatic rings. The molecule has 10 heteroatoms. The molecule has 1 N–H and O–H groups in total. The van der Waals surface area contributed by atoms with Crippen LogP contribution in [0.15, 0.2) is 66.3 Å². The van der Waals surface area contributed by atoms with Crippen molar-refractivity contribution >= 4 is 23.4 Å². The maximum atomic E-state index is 12.4. The van der Waals surface area contributed by atoms with E-state index in [0.717, 1.165) is 0 Å². The predicted octanol–water partition coefficient (Wildman–Crippen LogP) is 4.47. The number of anilines is 1. The fourth-order valence-corrected chi connectivity index (χ4v) is 3.50. The van der Waals surface area contributed by atoms with Crippen molar-refractivity contribution in [2.75, 3.05) is 18.2 Å². The van der Waals surface area contributed by atoms with Crippen molar-refractivity contribution in [2.45, 2.75) is 18.3 Å². The number of amides is 1. The number of carbonyl (C=O) groups is 1. The summed E-state index contributed by atoms with van der Waals surface area (Å²) in [6, 6.07) is 13.2. The number of carbonyl (C=O) groups excluding carboxylic acids is 1. The number of para-hydroxylation sites is 2. The number of ether oxygens (including phenoxy) is 2. The van der Waals surface area contributed by atoms with Gasteiger partial charge in [0.05, 0.1) is 18.6 Å². The zero-order chi connectivity index (χ0) is 22.2. The highest BCUT2D eigenvalue weighted by atomic mass is 32.2. The number of thioether (sulfide) groups is 1. The fourth-order valence-electron chi connectivity index (χ4n) is 2.75. The molecule has 0 aliphatic carbocycles. The smallest absolute Gasteiger partial charge is 0.387 e. The molecule has 31 heavy (non-hydrogen) atoms. The van der Waals surface area contributed by atoms with Gasteiger partial charge in [0, 0.05) is 12.1 Å². The van der Waals surface area contributed by atoms with E-state index in [0.29, 0.717) is 34.5 Å². The van der Waals surface area contributed by atoms with E-state index in [1.54, 1.807) is 41.0 Å². The third-order valence-electron chi connectivity index (χ3n) is 4.08. The Labute approximate surface area is 182 Å². The molecule has 0 radical (unpaired) electrons. The van der Waals surface area contributed by atoms with Crippen molar-refractivity contribution in [3.63, 3.8) is 0 Å². The molecular formula is C21H20F2N4O3S.